The average Bonchev–Trinajstić information content (AvgIpc) is 2.09. The maximum atomic E-state index is 2.27. The van der Waals surface area contributed by atoms with Crippen LogP contribution in [0.2, 0.25) is 24.2 Å². The van der Waals surface area contributed by atoms with Gasteiger partial charge >= 0.3 is 41.5 Å². The Bertz CT molecular complexity index is 64.7. The van der Waals surface area contributed by atoms with Crippen LogP contribution >= 0.6 is 0 Å². The standard InChI is InChI=1S/C6H15B.C4H12Ge/c1-4-7(5-2)6-3;1-4(2)3-5/h4-6H2,1-3H3;4H,3H2,1-2,5H3. The van der Waals surface area contributed by atoms with Crippen LogP contribution in [-0.4, -0.2) is 23.2 Å². The van der Waals surface area contributed by atoms with Crippen molar-refractivity contribution < 1.29 is 0 Å². The summed E-state index contributed by atoms with van der Waals surface area (Å²) in [5.74, 6) is 0.968. The molecule has 0 aromatic carbocycles. The van der Waals surface area contributed by atoms with Gasteiger partial charge in [0.2, 0.25) is 0 Å². The first kappa shape index (κ1) is 15.1. The van der Waals surface area contributed by atoms with Crippen molar-refractivity contribution in [1.29, 1.82) is 0 Å². The monoisotopic (exact) mass is 232 g/mol. The zero-order valence-corrected chi connectivity index (χ0v) is 14.2. The fourth-order valence-corrected chi connectivity index (χ4v) is 0.866. The van der Waals surface area contributed by atoms with Crippen LogP contribution in [0.5, 0.6) is 0 Å². The van der Waals surface area contributed by atoms with E-state index in [0.29, 0.717) is 0 Å². The normalized spacial score (nSPS) is 9.50. The summed E-state index contributed by atoms with van der Waals surface area (Å²) >= 11 is 1.08. The molecule has 0 aliphatic carbocycles. The Labute approximate surface area is 88.2 Å². The third kappa shape index (κ3) is 13.2. The van der Waals surface area contributed by atoms with Crippen molar-refractivity contribution in [3.8, 4) is 0 Å². The summed E-state index contributed by atoms with van der Waals surface area (Å²) in [4.78, 5) is 0. The molecule has 0 aromatic rings. The number of rotatable bonds is 4. The van der Waals surface area contributed by atoms with Gasteiger partial charge in [-0.25, -0.2) is 0 Å². The van der Waals surface area contributed by atoms with Crippen molar-refractivity contribution in [2.45, 2.75) is 58.8 Å². The second kappa shape index (κ2) is 11.6. The van der Waals surface area contributed by atoms with E-state index in [4.69, 9.17) is 0 Å². The Morgan fingerprint density at radius 3 is 1.25 bits per heavy atom. The Morgan fingerprint density at radius 2 is 1.25 bits per heavy atom. The van der Waals surface area contributed by atoms with Gasteiger partial charge in [0.25, 0.3) is 0 Å². The van der Waals surface area contributed by atoms with Crippen molar-refractivity contribution in [1.82, 2.24) is 0 Å². The molecular formula is C10H27BGe. The molecule has 0 N–H and O–H groups in total. The van der Waals surface area contributed by atoms with Gasteiger partial charge < -0.3 is 0 Å². The maximum absolute atomic E-state index is 2.27. The molecule has 0 bridgehead atoms. The summed E-state index contributed by atoms with van der Waals surface area (Å²) in [6, 6.07) is 0. The molecule has 0 aliphatic rings. The van der Waals surface area contributed by atoms with E-state index < -0.39 is 0 Å². The van der Waals surface area contributed by atoms with E-state index in [1.807, 2.05) is 0 Å². The van der Waals surface area contributed by atoms with Gasteiger partial charge in [0, 0.05) is 0 Å². The summed E-state index contributed by atoms with van der Waals surface area (Å²) in [6.07, 6.45) is 4.06. The molecular weight excluding hydrogens is 204 g/mol. The van der Waals surface area contributed by atoms with Gasteiger partial charge in [-0.3, -0.25) is 0 Å². The second-order valence-electron chi connectivity index (χ2n) is 3.89. The van der Waals surface area contributed by atoms with Gasteiger partial charge in [0.05, 0.1) is 0 Å². The van der Waals surface area contributed by atoms with Crippen LogP contribution in [0.25, 0.3) is 0 Å². The quantitative estimate of drug-likeness (QED) is 0.652. The van der Waals surface area contributed by atoms with Crippen LogP contribution < -0.4 is 0 Å². The zero-order valence-electron chi connectivity index (χ0n) is 9.98. The molecule has 0 heterocycles. The first-order valence-corrected chi connectivity index (χ1v) is 8.58. The molecule has 0 aliphatic heterocycles. The van der Waals surface area contributed by atoms with Crippen molar-refractivity contribution in [2.24, 2.45) is 5.92 Å². The van der Waals surface area contributed by atoms with E-state index in [0.717, 1.165) is 29.1 Å². The van der Waals surface area contributed by atoms with Crippen LogP contribution in [0.15, 0.2) is 0 Å². The summed E-state index contributed by atoms with van der Waals surface area (Å²) in [5.41, 5.74) is 0. The molecule has 74 valence electrons. The largest absolute Gasteiger partial charge is 0.139 e. The molecule has 12 heavy (non-hydrogen) atoms. The van der Waals surface area contributed by atoms with Crippen LogP contribution in [-0.2, 0) is 0 Å². The smallest absolute Gasteiger partial charge is 0.0770 e. The molecule has 0 aromatic heterocycles. The summed E-state index contributed by atoms with van der Waals surface area (Å²) in [5, 5.41) is 1.49. The van der Waals surface area contributed by atoms with E-state index in [2.05, 4.69) is 34.6 Å². The summed E-state index contributed by atoms with van der Waals surface area (Å²) in [7, 11) is 0. The van der Waals surface area contributed by atoms with E-state index >= 15 is 0 Å². The topological polar surface area (TPSA) is 0 Å². The van der Waals surface area contributed by atoms with Crippen LogP contribution in [0, 0.1) is 5.92 Å². The van der Waals surface area contributed by atoms with Crippen LogP contribution in [0.1, 0.15) is 34.6 Å². The van der Waals surface area contributed by atoms with E-state index in [9.17, 15) is 0 Å². The predicted octanol–water partition coefficient (Wildman–Crippen LogP) is 2.97. The SMILES string of the molecule is CC(C)[CH2][GeH3].CCB(CC)CC. The zero-order chi connectivity index (χ0) is 9.98. The molecule has 0 fully saturated rings. The molecule has 2 heteroatoms. The predicted molar refractivity (Wildman–Crippen MR) is 66.8 cm³/mol. The summed E-state index contributed by atoms with van der Waals surface area (Å²) < 4.78 is 0. The van der Waals surface area contributed by atoms with Gasteiger partial charge in [-0.15, -0.1) is 0 Å². The molecule has 0 radical (unpaired) electrons. The molecule has 0 saturated carbocycles. The third-order valence-corrected chi connectivity index (χ3v) is 5.97. The number of hydrogen-bond donors (Lipinski definition) is 0. The molecule has 0 unspecified atom stereocenters. The van der Waals surface area contributed by atoms with Crippen molar-refractivity contribution in [3.63, 3.8) is 0 Å². The maximum Gasteiger partial charge on any atom is 0.139 e. The Hall–Kier alpha value is 0.608. The first-order valence-electron chi connectivity index (χ1n) is 5.62. The van der Waals surface area contributed by atoms with Crippen molar-refractivity contribution in [2.75, 3.05) is 0 Å². The van der Waals surface area contributed by atoms with Gasteiger partial charge in [0.15, 0.2) is 0 Å². The third-order valence-electron chi connectivity index (χ3n) is 2.55. The molecule has 0 nitrogen and oxygen atoms in total. The minimum Gasteiger partial charge on any atom is -0.0770 e. The van der Waals surface area contributed by atoms with Crippen LogP contribution in [0.4, 0.5) is 0 Å². The van der Waals surface area contributed by atoms with Crippen molar-refractivity contribution >= 4 is 23.2 Å². The average molecular weight is 231 g/mol. The molecule has 0 saturated heterocycles. The fourth-order valence-electron chi connectivity index (χ4n) is 0.866. The number of hydrogen-bond acceptors (Lipinski definition) is 0. The van der Waals surface area contributed by atoms with Gasteiger partial charge in [-0.2, -0.15) is 0 Å². The van der Waals surface area contributed by atoms with Gasteiger partial charge in [-0.05, 0) is 0 Å². The minimum absolute atomic E-state index is 0.968. The second-order valence-corrected chi connectivity index (χ2v) is 5.61. The van der Waals surface area contributed by atoms with Crippen LogP contribution in [0.3, 0.4) is 0 Å². The Kier molecular flexibility index (Phi) is 14.6. The first-order chi connectivity index (χ1) is 5.62. The molecule has 0 amide bonds. The van der Waals surface area contributed by atoms with Gasteiger partial charge in [0.1, 0.15) is 6.71 Å². The van der Waals surface area contributed by atoms with E-state index in [-0.39, 0.29) is 0 Å². The van der Waals surface area contributed by atoms with E-state index in [1.54, 1.807) is 0 Å². The fraction of sp³-hybridized carbons (Fsp3) is 1.00. The Morgan fingerprint density at radius 1 is 1.00 bits per heavy atom. The minimum atomic E-state index is 0.968. The van der Waals surface area contributed by atoms with Crippen molar-refractivity contribution in [3.05, 3.63) is 0 Å². The molecule has 0 rings (SSSR count). The summed E-state index contributed by atoms with van der Waals surface area (Å²) in [6.45, 7) is 12.3. The molecule has 0 spiro atoms. The molecule has 0 atom stereocenters. The van der Waals surface area contributed by atoms with E-state index in [1.165, 1.54) is 24.2 Å². The van der Waals surface area contributed by atoms with Gasteiger partial charge in [-0.1, -0.05) is 39.7 Å². The Balaban J connectivity index is 0.